The Morgan fingerprint density at radius 1 is 1.29 bits per heavy atom. The second kappa shape index (κ2) is 6.43. The number of methoxy groups -OCH3 is 1. The highest BCUT2D eigenvalue weighted by atomic mass is 16.6. The van der Waals surface area contributed by atoms with Crippen LogP contribution in [0, 0.1) is 5.41 Å². The molecule has 5 heteroatoms. The van der Waals surface area contributed by atoms with Gasteiger partial charge >= 0.3 is 5.97 Å². The number of ether oxygens (including phenoxy) is 2. The molecule has 0 atom stereocenters. The average molecular weight is 295 g/mol. The van der Waals surface area contributed by atoms with Gasteiger partial charge in [-0.05, 0) is 37.3 Å². The molecule has 0 unspecified atom stereocenters. The van der Waals surface area contributed by atoms with E-state index in [0.29, 0.717) is 5.56 Å². The quantitative estimate of drug-likeness (QED) is 0.846. The molecule has 1 N–H and O–H groups in total. The van der Waals surface area contributed by atoms with Gasteiger partial charge in [0.05, 0.1) is 13.7 Å². The Morgan fingerprint density at radius 2 is 1.90 bits per heavy atom. The Bertz CT molecular complexity index is 503. The summed E-state index contributed by atoms with van der Waals surface area (Å²) in [6.07, 6.45) is 2.19. The van der Waals surface area contributed by atoms with Crippen molar-refractivity contribution < 1.29 is 19.4 Å². The van der Waals surface area contributed by atoms with Crippen molar-refractivity contribution in [3.8, 4) is 5.88 Å². The molecule has 0 fully saturated rings. The van der Waals surface area contributed by atoms with Crippen molar-refractivity contribution in [3.63, 3.8) is 0 Å². The lowest BCUT2D eigenvalue weighted by molar-refractivity contribution is -0.0181. The van der Waals surface area contributed by atoms with Crippen molar-refractivity contribution in [1.82, 2.24) is 4.98 Å². The topological polar surface area (TPSA) is 68.7 Å². The van der Waals surface area contributed by atoms with E-state index >= 15 is 0 Å². The molecule has 0 aliphatic rings. The van der Waals surface area contributed by atoms with Crippen LogP contribution in [0.3, 0.4) is 0 Å². The van der Waals surface area contributed by atoms with Gasteiger partial charge in [-0.2, -0.15) is 0 Å². The maximum Gasteiger partial charge on any atom is 0.344 e. The number of pyridine rings is 1. The summed E-state index contributed by atoms with van der Waals surface area (Å²) >= 11 is 0. The summed E-state index contributed by atoms with van der Waals surface area (Å²) in [5, 5.41) is 9.16. The Morgan fingerprint density at radius 3 is 2.38 bits per heavy atom. The van der Waals surface area contributed by atoms with Crippen LogP contribution in [-0.2, 0) is 11.3 Å². The molecule has 0 amide bonds. The standard InChI is InChI=1S/C16H25NO4/c1-15(2,3)10-16(4,5)21-14(19)12-7-11(9-18)8-17-13(12)20-6/h7-8,18H,9-10H2,1-6H3. The number of nitrogens with zero attached hydrogens (tertiary/aromatic N) is 1. The number of aromatic nitrogens is 1. The van der Waals surface area contributed by atoms with E-state index in [-0.39, 0.29) is 23.5 Å². The Labute approximate surface area is 126 Å². The van der Waals surface area contributed by atoms with Crippen molar-refractivity contribution in [2.45, 2.75) is 53.2 Å². The summed E-state index contributed by atoms with van der Waals surface area (Å²) in [5.41, 5.74) is 0.205. The highest BCUT2D eigenvalue weighted by Crippen LogP contribution is 2.31. The van der Waals surface area contributed by atoms with Crippen LogP contribution in [-0.4, -0.2) is 28.8 Å². The lowest BCUT2D eigenvalue weighted by Gasteiger charge is -2.32. The van der Waals surface area contributed by atoms with Gasteiger partial charge < -0.3 is 14.6 Å². The van der Waals surface area contributed by atoms with Gasteiger partial charge in [-0.25, -0.2) is 9.78 Å². The zero-order valence-corrected chi connectivity index (χ0v) is 13.7. The Balaban J connectivity index is 2.98. The molecular formula is C16H25NO4. The lowest BCUT2D eigenvalue weighted by Crippen LogP contribution is -2.33. The number of rotatable bonds is 5. The van der Waals surface area contributed by atoms with Crippen LogP contribution in [0.4, 0.5) is 0 Å². The first-order valence-electron chi connectivity index (χ1n) is 6.95. The van der Waals surface area contributed by atoms with Gasteiger partial charge in [0.2, 0.25) is 5.88 Å². The maximum absolute atomic E-state index is 12.4. The number of esters is 1. The molecule has 1 aromatic heterocycles. The third-order valence-electron chi connectivity index (χ3n) is 2.83. The van der Waals surface area contributed by atoms with E-state index in [2.05, 4.69) is 25.8 Å². The minimum atomic E-state index is -0.602. The number of aliphatic hydroxyl groups is 1. The smallest absolute Gasteiger partial charge is 0.344 e. The molecule has 1 heterocycles. The van der Waals surface area contributed by atoms with E-state index in [9.17, 15) is 4.79 Å². The molecule has 5 nitrogen and oxygen atoms in total. The molecule has 1 rings (SSSR count). The number of hydrogen-bond donors (Lipinski definition) is 1. The van der Waals surface area contributed by atoms with Crippen LogP contribution in [0.1, 0.15) is 57.0 Å². The van der Waals surface area contributed by atoms with E-state index in [1.165, 1.54) is 13.3 Å². The molecule has 0 aromatic carbocycles. The molecule has 0 saturated carbocycles. The molecule has 0 bridgehead atoms. The van der Waals surface area contributed by atoms with Crippen LogP contribution >= 0.6 is 0 Å². The van der Waals surface area contributed by atoms with E-state index < -0.39 is 11.6 Å². The fourth-order valence-corrected chi connectivity index (χ4v) is 2.51. The predicted octanol–water partition coefficient (Wildman–Crippen LogP) is 2.95. The fraction of sp³-hybridized carbons (Fsp3) is 0.625. The molecule has 0 spiro atoms. The van der Waals surface area contributed by atoms with Crippen molar-refractivity contribution in [2.24, 2.45) is 5.41 Å². The number of carbonyl (C=O) groups excluding carboxylic acids is 1. The van der Waals surface area contributed by atoms with Crippen LogP contribution < -0.4 is 4.74 Å². The van der Waals surface area contributed by atoms with Crippen LogP contribution in [0.5, 0.6) is 5.88 Å². The first-order valence-corrected chi connectivity index (χ1v) is 6.95. The molecular weight excluding hydrogens is 270 g/mol. The third kappa shape index (κ3) is 5.34. The van der Waals surface area contributed by atoms with Crippen LogP contribution in [0.15, 0.2) is 12.3 Å². The molecule has 1 aromatic rings. The first-order chi connectivity index (χ1) is 9.58. The summed E-state index contributed by atoms with van der Waals surface area (Å²) in [7, 11) is 1.44. The molecule has 0 aliphatic heterocycles. The normalized spacial score (nSPS) is 12.1. The van der Waals surface area contributed by atoms with Crippen molar-refractivity contribution >= 4 is 5.97 Å². The predicted molar refractivity (Wildman–Crippen MR) is 80.3 cm³/mol. The Hall–Kier alpha value is -1.62. The zero-order chi connectivity index (χ0) is 16.3. The van der Waals surface area contributed by atoms with Gasteiger partial charge in [-0.3, -0.25) is 0 Å². The second-order valence-electron chi connectivity index (χ2n) is 6.95. The number of aliphatic hydroxyl groups excluding tert-OH is 1. The van der Waals surface area contributed by atoms with Gasteiger partial charge in [0.15, 0.2) is 0 Å². The Kier molecular flexibility index (Phi) is 5.34. The fourth-order valence-electron chi connectivity index (χ4n) is 2.51. The van der Waals surface area contributed by atoms with Gasteiger partial charge in [-0.15, -0.1) is 0 Å². The van der Waals surface area contributed by atoms with Gasteiger partial charge in [0.1, 0.15) is 11.2 Å². The minimum Gasteiger partial charge on any atom is -0.480 e. The second-order valence-corrected chi connectivity index (χ2v) is 6.95. The van der Waals surface area contributed by atoms with Crippen molar-refractivity contribution in [3.05, 3.63) is 23.4 Å². The summed E-state index contributed by atoms with van der Waals surface area (Å²) in [4.78, 5) is 16.4. The van der Waals surface area contributed by atoms with E-state index in [1.54, 1.807) is 6.07 Å². The molecule has 21 heavy (non-hydrogen) atoms. The van der Waals surface area contributed by atoms with Crippen molar-refractivity contribution in [1.29, 1.82) is 0 Å². The van der Waals surface area contributed by atoms with E-state index in [1.807, 2.05) is 13.8 Å². The molecule has 118 valence electrons. The molecule has 0 radical (unpaired) electrons. The summed E-state index contributed by atoms with van der Waals surface area (Å²) in [6.45, 7) is 9.85. The maximum atomic E-state index is 12.4. The van der Waals surface area contributed by atoms with E-state index in [4.69, 9.17) is 14.6 Å². The summed E-state index contributed by atoms with van der Waals surface area (Å²) in [6, 6.07) is 1.54. The summed E-state index contributed by atoms with van der Waals surface area (Å²) < 4.78 is 10.7. The largest absolute Gasteiger partial charge is 0.480 e. The van der Waals surface area contributed by atoms with Crippen LogP contribution in [0.25, 0.3) is 0 Å². The highest BCUT2D eigenvalue weighted by molar-refractivity contribution is 5.92. The number of hydrogen-bond acceptors (Lipinski definition) is 5. The first kappa shape index (κ1) is 17.4. The van der Waals surface area contributed by atoms with E-state index in [0.717, 1.165) is 6.42 Å². The SMILES string of the molecule is COc1ncc(CO)cc1C(=O)OC(C)(C)CC(C)(C)C. The molecule has 0 saturated heterocycles. The third-order valence-corrected chi connectivity index (χ3v) is 2.83. The van der Waals surface area contributed by atoms with Gasteiger partial charge in [0, 0.05) is 6.20 Å². The highest BCUT2D eigenvalue weighted by Gasteiger charge is 2.30. The summed E-state index contributed by atoms with van der Waals surface area (Å²) in [5.74, 6) is -0.298. The monoisotopic (exact) mass is 295 g/mol. The average Bonchev–Trinajstić information content (AvgIpc) is 2.34. The minimum absolute atomic E-state index is 0.0407. The van der Waals surface area contributed by atoms with Crippen LogP contribution in [0.2, 0.25) is 0 Å². The lowest BCUT2D eigenvalue weighted by atomic mass is 9.83. The molecule has 0 aliphatic carbocycles. The van der Waals surface area contributed by atoms with Gasteiger partial charge in [-0.1, -0.05) is 20.8 Å². The number of carbonyl (C=O) groups is 1. The zero-order valence-electron chi connectivity index (χ0n) is 13.7. The van der Waals surface area contributed by atoms with Gasteiger partial charge in [0.25, 0.3) is 0 Å². The van der Waals surface area contributed by atoms with Crippen molar-refractivity contribution in [2.75, 3.05) is 7.11 Å².